The second-order valence-corrected chi connectivity index (χ2v) is 4.00. The molecule has 68 valence electrons. The van der Waals surface area contributed by atoms with E-state index in [4.69, 9.17) is 23.2 Å². The first-order valence-corrected chi connectivity index (χ1v) is 3.58. The molecule has 10 heavy (non-hydrogen) atoms. The van der Waals surface area contributed by atoms with Crippen molar-refractivity contribution >= 4 is 23.2 Å². The lowest BCUT2D eigenvalue weighted by atomic mass is 10.3. The van der Waals surface area contributed by atoms with Crippen molar-refractivity contribution < 1.29 is 0 Å². The Morgan fingerprint density at radius 2 is 1.10 bits per heavy atom. The van der Waals surface area contributed by atoms with Crippen LogP contribution in [0, 0.1) is 0 Å². The van der Waals surface area contributed by atoms with Gasteiger partial charge in [0.05, 0.1) is 0 Å². The first-order valence-electron chi connectivity index (χ1n) is 2.66. The zero-order chi connectivity index (χ0) is 7.21. The molecule has 0 spiro atoms. The minimum atomic E-state index is -0.0278. The third-order valence-electron chi connectivity index (χ3n) is 0. The Kier molecular flexibility index (Phi) is 27.5. The minimum absolute atomic E-state index is 0. The second-order valence-electron chi connectivity index (χ2n) is 2.33. The molecule has 0 N–H and O–H groups in total. The maximum Gasteiger partial charge on any atom is 0.0362 e. The van der Waals surface area contributed by atoms with Crippen molar-refractivity contribution in [3.63, 3.8) is 0 Å². The molecule has 0 aromatic heterocycles. The monoisotopic (exact) mass is 188 g/mol. The maximum absolute atomic E-state index is 5.53. The molecule has 0 aromatic carbocycles. The first kappa shape index (κ1) is 22.4. The van der Waals surface area contributed by atoms with Crippen molar-refractivity contribution in [2.24, 2.45) is 0 Å². The molecule has 0 saturated carbocycles. The maximum atomic E-state index is 5.53. The van der Waals surface area contributed by atoms with E-state index in [9.17, 15) is 0 Å². The molecular formula is C8H22Cl2. The molecule has 0 amide bonds. The molecule has 0 aliphatic heterocycles. The topological polar surface area (TPSA) is 0 Å². The summed E-state index contributed by atoms with van der Waals surface area (Å²) in [6.45, 7) is 7.75. The van der Waals surface area contributed by atoms with Gasteiger partial charge in [0.1, 0.15) is 0 Å². The van der Waals surface area contributed by atoms with Crippen molar-refractivity contribution in [3.8, 4) is 0 Å². The SMILES string of the molecule is C.C.CC(C)(C)Cl.CCCl. The van der Waals surface area contributed by atoms with Gasteiger partial charge in [-0.3, -0.25) is 0 Å². The average Bonchev–Trinajstić information content (AvgIpc) is 1.27. The summed E-state index contributed by atoms with van der Waals surface area (Å²) in [5.41, 5.74) is 0. The average molecular weight is 189 g/mol. The van der Waals surface area contributed by atoms with Crippen LogP contribution < -0.4 is 0 Å². The molecule has 0 aliphatic carbocycles. The van der Waals surface area contributed by atoms with E-state index in [1.807, 2.05) is 27.7 Å². The van der Waals surface area contributed by atoms with Crippen LogP contribution in [0.1, 0.15) is 42.5 Å². The van der Waals surface area contributed by atoms with Crippen LogP contribution in [0.4, 0.5) is 0 Å². The first-order chi connectivity index (χ1) is 3.41. The standard InChI is InChI=1S/C4H9Cl.C2H5Cl.2CH4/c1-4(2,3)5;1-2-3;;/h1-3H3;2H2,1H3;2*1H4. The van der Waals surface area contributed by atoms with E-state index >= 15 is 0 Å². The van der Waals surface area contributed by atoms with Gasteiger partial charge in [0.2, 0.25) is 0 Å². The van der Waals surface area contributed by atoms with Crippen molar-refractivity contribution in [3.05, 3.63) is 0 Å². The Morgan fingerprint density at radius 3 is 1.10 bits per heavy atom. The van der Waals surface area contributed by atoms with Crippen LogP contribution in [-0.2, 0) is 0 Å². The molecule has 0 aromatic rings. The summed E-state index contributed by atoms with van der Waals surface area (Å²) in [6.07, 6.45) is 0. The minimum Gasteiger partial charge on any atom is -0.127 e. The van der Waals surface area contributed by atoms with Crippen molar-refractivity contribution in [2.75, 3.05) is 5.88 Å². The summed E-state index contributed by atoms with van der Waals surface area (Å²) in [7, 11) is 0. The molecule has 0 aliphatic rings. The van der Waals surface area contributed by atoms with Crippen molar-refractivity contribution in [1.82, 2.24) is 0 Å². The largest absolute Gasteiger partial charge is 0.127 e. The number of halogens is 2. The highest BCUT2D eigenvalue weighted by Crippen LogP contribution is 2.07. The molecule has 0 nitrogen and oxygen atoms in total. The predicted molar refractivity (Wildman–Crippen MR) is 55.5 cm³/mol. The fraction of sp³-hybridized carbons (Fsp3) is 1.00. The van der Waals surface area contributed by atoms with Gasteiger partial charge in [-0.05, 0) is 20.8 Å². The zero-order valence-electron chi connectivity index (χ0n) is 5.96. The third kappa shape index (κ3) is 1470. The highest BCUT2D eigenvalue weighted by molar-refractivity contribution is 6.23. The van der Waals surface area contributed by atoms with Gasteiger partial charge in [-0.2, -0.15) is 0 Å². The van der Waals surface area contributed by atoms with E-state index < -0.39 is 0 Å². The number of rotatable bonds is 0. The Hall–Kier alpha value is 0.580. The van der Waals surface area contributed by atoms with Crippen LogP contribution in [0.3, 0.4) is 0 Å². The molecular weight excluding hydrogens is 167 g/mol. The summed E-state index contributed by atoms with van der Waals surface area (Å²) < 4.78 is 0. The smallest absolute Gasteiger partial charge is 0.0362 e. The Morgan fingerprint density at radius 1 is 1.10 bits per heavy atom. The van der Waals surface area contributed by atoms with Gasteiger partial charge in [-0.15, -0.1) is 23.2 Å². The van der Waals surface area contributed by atoms with Crippen LogP contribution >= 0.6 is 23.2 Å². The number of hydrogen-bond acceptors (Lipinski definition) is 0. The van der Waals surface area contributed by atoms with Crippen LogP contribution in [-0.4, -0.2) is 10.8 Å². The fourth-order valence-corrected chi connectivity index (χ4v) is 0. The van der Waals surface area contributed by atoms with E-state index in [2.05, 4.69) is 0 Å². The highest BCUT2D eigenvalue weighted by atomic mass is 35.5. The van der Waals surface area contributed by atoms with Crippen molar-refractivity contribution in [2.45, 2.75) is 47.4 Å². The van der Waals surface area contributed by atoms with E-state index in [0.29, 0.717) is 0 Å². The number of hydrogen-bond donors (Lipinski definition) is 0. The lowest BCUT2D eigenvalue weighted by Gasteiger charge is -2.01. The van der Waals surface area contributed by atoms with Gasteiger partial charge in [0.25, 0.3) is 0 Å². The van der Waals surface area contributed by atoms with Crippen LogP contribution in [0.25, 0.3) is 0 Å². The zero-order valence-corrected chi connectivity index (χ0v) is 7.47. The molecule has 0 unspecified atom stereocenters. The Balaban J connectivity index is -0.0000000326. The third-order valence-corrected chi connectivity index (χ3v) is 0. The Bertz CT molecular complexity index is 31.0. The van der Waals surface area contributed by atoms with E-state index in [1.165, 1.54) is 0 Å². The van der Waals surface area contributed by atoms with Crippen LogP contribution in [0.2, 0.25) is 0 Å². The van der Waals surface area contributed by atoms with E-state index in [-0.39, 0.29) is 19.7 Å². The summed E-state index contributed by atoms with van der Waals surface area (Å²) in [4.78, 5) is -0.0278. The van der Waals surface area contributed by atoms with E-state index in [1.54, 1.807) is 0 Å². The molecule has 0 atom stereocenters. The predicted octanol–water partition coefficient (Wildman–Crippen LogP) is 4.54. The van der Waals surface area contributed by atoms with Gasteiger partial charge in [-0.25, -0.2) is 0 Å². The van der Waals surface area contributed by atoms with Gasteiger partial charge < -0.3 is 0 Å². The quantitative estimate of drug-likeness (QED) is 0.490. The molecule has 0 heterocycles. The molecule has 2 heteroatoms. The Labute approximate surface area is 76.9 Å². The fourth-order valence-electron chi connectivity index (χ4n) is 0. The summed E-state index contributed by atoms with van der Waals surface area (Å²) in [5.74, 6) is 0.722. The van der Waals surface area contributed by atoms with E-state index in [0.717, 1.165) is 5.88 Å². The molecule has 0 fully saturated rings. The second kappa shape index (κ2) is 12.3. The molecule has 0 rings (SSSR count). The highest BCUT2D eigenvalue weighted by Gasteiger charge is 1.99. The summed E-state index contributed by atoms with van der Waals surface area (Å²) >= 11 is 10.5. The van der Waals surface area contributed by atoms with Crippen LogP contribution in [0.5, 0.6) is 0 Å². The number of alkyl halides is 2. The van der Waals surface area contributed by atoms with Crippen LogP contribution in [0.15, 0.2) is 0 Å². The summed E-state index contributed by atoms with van der Waals surface area (Å²) in [6, 6.07) is 0. The normalized spacial score (nSPS) is 7.80. The van der Waals surface area contributed by atoms with Gasteiger partial charge >= 0.3 is 0 Å². The summed E-state index contributed by atoms with van der Waals surface area (Å²) in [5, 5.41) is 0. The van der Waals surface area contributed by atoms with Gasteiger partial charge in [-0.1, -0.05) is 21.8 Å². The molecule has 0 saturated heterocycles. The van der Waals surface area contributed by atoms with Crippen molar-refractivity contribution in [1.29, 1.82) is 0 Å². The molecule has 0 radical (unpaired) electrons. The molecule has 0 bridgehead atoms. The lowest BCUT2D eigenvalue weighted by Crippen LogP contribution is -1.99. The van der Waals surface area contributed by atoms with Gasteiger partial charge in [0.15, 0.2) is 0 Å². The lowest BCUT2D eigenvalue weighted by molar-refractivity contribution is 0.788. The van der Waals surface area contributed by atoms with Gasteiger partial charge in [0, 0.05) is 10.8 Å².